The highest BCUT2D eigenvalue weighted by atomic mass is 32.2. The fraction of sp³-hybridized carbons (Fsp3) is 0.632. The molecule has 2 N–H and O–H groups in total. The first-order valence-electron chi connectivity index (χ1n) is 9.02. The molecule has 5 nitrogen and oxygen atoms in total. The van der Waals surface area contributed by atoms with Crippen molar-refractivity contribution in [2.45, 2.75) is 38.0 Å². The van der Waals surface area contributed by atoms with Gasteiger partial charge >= 0.3 is 0 Å². The van der Waals surface area contributed by atoms with Gasteiger partial charge in [0.1, 0.15) is 5.75 Å². The van der Waals surface area contributed by atoms with Gasteiger partial charge in [-0.1, -0.05) is 18.2 Å². The van der Waals surface area contributed by atoms with Gasteiger partial charge in [0.2, 0.25) is 0 Å². The molecule has 0 aromatic heterocycles. The van der Waals surface area contributed by atoms with E-state index < -0.39 is 0 Å². The van der Waals surface area contributed by atoms with E-state index in [-0.39, 0.29) is 0 Å². The van der Waals surface area contributed by atoms with Crippen molar-refractivity contribution in [3.8, 4) is 5.75 Å². The molecule has 1 saturated heterocycles. The summed E-state index contributed by atoms with van der Waals surface area (Å²) in [6.07, 6.45) is 2.56. The number of guanidine groups is 1. The molecule has 25 heavy (non-hydrogen) atoms. The first-order chi connectivity index (χ1) is 12.2. The summed E-state index contributed by atoms with van der Waals surface area (Å²) < 4.78 is 11.4. The van der Waals surface area contributed by atoms with Gasteiger partial charge < -0.3 is 20.1 Å². The van der Waals surface area contributed by atoms with Crippen LogP contribution >= 0.6 is 11.8 Å². The van der Waals surface area contributed by atoms with Crippen LogP contribution in [0.5, 0.6) is 5.75 Å². The van der Waals surface area contributed by atoms with E-state index in [1.165, 1.54) is 18.6 Å². The van der Waals surface area contributed by atoms with E-state index in [1.807, 2.05) is 36.0 Å². The maximum Gasteiger partial charge on any atom is 0.191 e. The molecule has 1 aliphatic heterocycles. The van der Waals surface area contributed by atoms with E-state index in [1.54, 1.807) is 7.11 Å². The minimum absolute atomic E-state index is 0.294. The number of hydrogen-bond donors (Lipinski definition) is 2. The molecular weight excluding hydrogens is 334 g/mol. The molecule has 1 aliphatic rings. The summed E-state index contributed by atoms with van der Waals surface area (Å²) in [7, 11) is 1.68. The van der Waals surface area contributed by atoms with Crippen molar-refractivity contribution in [3.63, 3.8) is 0 Å². The fourth-order valence-corrected chi connectivity index (χ4v) is 4.02. The summed E-state index contributed by atoms with van der Waals surface area (Å²) in [5.74, 6) is 3.00. The minimum Gasteiger partial charge on any atom is -0.496 e. The van der Waals surface area contributed by atoms with Crippen LogP contribution in [0.4, 0.5) is 0 Å². The Kier molecular flexibility index (Phi) is 8.41. The number of benzene rings is 1. The number of para-hydroxylation sites is 1. The number of rotatable bonds is 9. The van der Waals surface area contributed by atoms with Crippen LogP contribution in [0.2, 0.25) is 0 Å². The molecular formula is C19H31N3O2S. The summed E-state index contributed by atoms with van der Waals surface area (Å²) in [6.45, 7) is 8.01. The quantitative estimate of drug-likeness (QED) is 0.400. The molecule has 1 unspecified atom stereocenters. The van der Waals surface area contributed by atoms with Gasteiger partial charge in [-0.05, 0) is 38.5 Å². The third-order valence-electron chi connectivity index (χ3n) is 4.21. The second kappa shape index (κ2) is 10.6. The predicted octanol–water partition coefficient (Wildman–Crippen LogP) is 3.05. The van der Waals surface area contributed by atoms with Crippen LogP contribution in [-0.4, -0.2) is 49.8 Å². The zero-order valence-corrected chi connectivity index (χ0v) is 16.5. The van der Waals surface area contributed by atoms with Gasteiger partial charge in [0.05, 0.1) is 26.9 Å². The highest BCUT2D eigenvalue weighted by Crippen LogP contribution is 2.37. The second-order valence-electron chi connectivity index (χ2n) is 6.39. The standard InChI is InChI=1S/C19H31N3O2S/c1-4-20-18(22-15-19(2)10-7-13-25-19)21-11-12-24-14-16-8-5-6-9-17(16)23-3/h5-6,8-9H,4,7,10-15H2,1-3H3,(H2,20,21,22). The molecule has 6 heteroatoms. The normalized spacial score (nSPS) is 20.5. The molecule has 140 valence electrons. The zero-order valence-electron chi connectivity index (χ0n) is 15.6. The monoisotopic (exact) mass is 365 g/mol. The molecule has 0 bridgehead atoms. The van der Waals surface area contributed by atoms with Gasteiger partial charge in [0.15, 0.2) is 5.96 Å². The Bertz CT molecular complexity index is 545. The molecule has 2 rings (SSSR count). The van der Waals surface area contributed by atoms with Gasteiger partial charge in [-0.2, -0.15) is 11.8 Å². The van der Waals surface area contributed by atoms with E-state index in [0.717, 1.165) is 36.9 Å². The summed E-state index contributed by atoms with van der Waals surface area (Å²) in [5.41, 5.74) is 1.07. The lowest BCUT2D eigenvalue weighted by Gasteiger charge is -2.21. The van der Waals surface area contributed by atoms with Gasteiger partial charge in [0, 0.05) is 23.4 Å². The summed E-state index contributed by atoms with van der Waals surface area (Å²) in [4.78, 5) is 4.75. The maximum atomic E-state index is 5.76. The van der Waals surface area contributed by atoms with Crippen molar-refractivity contribution < 1.29 is 9.47 Å². The van der Waals surface area contributed by atoms with Gasteiger partial charge in [-0.3, -0.25) is 4.99 Å². The smallest absolute Gasteiger partial charge is 0.191 e. The Morgan fingerprint density at radius 1 is 1.32 bits per heavy atom. The number of nitrogens with zero attached hydrogens (tertiary/aromatic N) is 1. The zero-order chi connectivity index (χ0) is 18.0. The highest BCUT2D eigenvalue weighted by Gasteiger charge is 2.29. The van der Waals surface area contributed by atoms with Crippen LogP contribution in [0.25, 0.3) is 0 Å². The average molecular weight is 366 g/mol. The third kappa shape index (κ3) is 6.78. The van der Waals surface area contributed by atoms with E-state index in [9.17, 15) is 0 Å². The Labute approximate surface area is 156 Å². The Morgan fingerprint density at radius 3 is 2.88 bits per heavy atom. The van der Waals surface area contributed by atoms with E-state index in [4.69, 9.17) is 14.5 Å². The summed E-state index contributed by atoms with van der Waals surface area (Å²) in [6, 6.07) is 7.94. The van der Waals surface area contributed by atoms with Crippen molar-refractivity contribution in [1.82, 2.24) is 10.6 Å². The molecule has 1 atom stereocenters. The Morgan fingerprint density at radius 2 is 2.16 bits per heavy atom. The topological polar surface area (TPSA) is 54.9 Å². The largest absolute Gasteiger partial charge is 0.496 e. The van der Waals surface area contributed by atoms with Crippen molar-refractivity contribution in [2.75, 3.05) is 39.1 Å². The SMILES string of the molecule is CCNC(=NCC1(C)CCCS1)NCCOCc1ccccc1OC. The molecule has 0 spiro atoms. The lowest BCUT2D eigenvalue weighted by molar-refractivity contribution is 0.123. The van der Waals surface area contributed by atoms with Crippen molar-refractivity contribution in [2.24, 2.45) is 4.99 Å². The van der Waals surface area contributed by atoms with Crippen LogP contribution in [0.15, 0.2) is 29.3 Å². The van der Waals surface area contributed by atoms with E-state index >= 15 is 0 Å². The molecule has 0 saturated carbocycles. The van der Waals surface area contributed by atoms with Crippen LogP contribution in [0.1, 0.15) is 32.3 Å². The number of ether oxygens (including phenoxy) is 2. The number of aliphatic imine (C=N–C) groups is 1. The molecule has 1 fully saturated rings. The molecule has 0 aliphatic carbocycles. The van der Waals surface area contributed by atoms with Crippen LogP contribution in [0.3, 0.4) is 0 Å². The number of nitrogens with one attached hydrogen (secondary N) is 2. The fourth-order valence-electron chi connectivity index (χ4n) is 2.80. The predicted molar refractivity (Wildman–Crippen MR) is 107 cm³/mol. The number of hydrogen-bond acceptors (Lipinski definition) is 4. The maximum absolute atomic E-state index is 5.76. The van der Waals surface area contributed by atoms with Crippen molar-refractivity contribution in [3.05, 3.63) is 29.8 Å². The third-order valence-corrected chi connectivity index (χ3v) is 5.73. The molecule has 0 radical (unpaired) electrons. The number of methoxy groups -OCH3 is 1. The first kappa shape index (κ1) is 19.9. The minimum atomic E-state index is 0.294. The molecule has 1 aromatic rings. The lowest BCUT2D eigenvalue weighted by Crippen LogP contribution is -2.40. The Hall–Kier alpha value is -1.40. The van der Waals surface area contributed by atoms with Gasteiger partial charge in [0.25, 0.3) is 0 Å². The van der Waals surface area contributed by atoms with Gasteiger partial charge in [-0.15, -0.1) is 0 Å². The second-order valence-corrected chi connectivity index (χ2v) is 8.07. The summed E-state index contributed by atoms with van der Waals surface area (Å²) >= 11 is 2.04. The van der Waals surface area contributed by atoms with E-state index in [2.05, 4.69) is 24.5 Å². The number of thioether (sulfide) groups is 1. The molecule has 1 heterocycles. The molecule has 1 aromatic carbocycles. The summed E-state index contributed by atoms with van der Waals surface area (Å²) in [5, 5.41) is 6.65. The average Bonchev–Trinajstić information content (AvgIpc) is 3.06. The van der Waals surface area contributed by atoms with Crippen LogP contribution in [-0.2, 0) is 11.3 Å². The lowest BCUT2D eigenvalue weighted by atomic mass is 10.1. The molecule has 0 amide bonds. The Balaban J connectivity index is 1.72. The first-order valence-corrected chi connectivity index (χ1v) is 10.0. The van der Waals surface area contributed by atoms with Crippen molar-refractivity contribution >= 4 is 17.7 Å². The van der Waals surface area contributed by atoms with Crippen LogP contribution in [0, 0.1) is 0 Å². The van der Waals surface area contributed by atoms with Crippen molar-refractivity contribution in [1.29, 1.82) is 0 Å². The van der Waals surface area contributed by atoms with E-state index in [0.29, 0.717) is 18.0 Å². The highest BCUT2D eigenvalue weighted by molar-refractivity contribution is 8.00. The van der Waals surface area contributed by atoms with Gasteiger partial charge in [-0.25, -0.2) is 0 Å². The van der Waals surface area contributed by atoms with Crippen LogP contribution < -0.4 is 15.4 Å².